The Morgan fingerprint density at radius 2 is 1.60 bits per heavy atom. The quantitative estimate of drug-likeness (QED) is 0.639. The second-order valence-electron chi connectivity index (χ2n) is 3.98. The normalized spacial score (nSPS) is 10.3. The highest BCUT2D eigenvalue weighted by Crippen LogP contribution is 2.03. The minimum Gasteiger partial charge on any atom is -0.343 e. The summed E-state index contributed by atoms with van der Waals surface area (Å²) in [6.07, 6.45) is 5.94. The summed E-state index contributed by atoms with van der Waals surface area (Å²) in [5, 5.41) is 0. The summed E-state index contributed by atoms with van der Waals surface area (Å²) >= 11 is 0. The number of rotatable bonds is 9. The van der Waals surface area contributed by atoms with Crippen LogP contribution in [-0.4, -0.2) is 30.4 Å². The maximum absolute atomic E-state index is 11.8. The van der Waals surface area contributed by atoms with E-state index in [2.05, 4.69) is 13.8 Å². The third-order valence-electron chi connectivity index (χ3n) is 2.51. The lowest BCUT2D eigenvalue weighted by Gasteiger charge is -2.22. The fourth-order valence-electron chi connectivity index (χ4n) is 1.47. The van der Waals surface area contributed by atoms with Crippen molar-refractivity contribution in [2.75, 3.05) is 19.6 Å². The van der Waals surface area contributed by atoms with Crippen LogP contribution in [0.2, 0.25) is 0 Å². The number of carbonyl (C=O) groups excluding carboxylic acids is 1. The summed E-state index contributed by atoms with van der Waals surface area (Å²) in [5.74, 6) is 0.280. The SMILES string of the molecule is CCCCN(CCCC)C(=O)CCCN. The molecule has 0 atom stereocenters. The lowest BCUT2D eigenvalue weighted by molar-refractivity contribution is -0.131. The van der Waals surface area contributed by atoms with Crippen LogP contribution in [-0.2, 0) is 4.79 Å². The minimum atomic E-state index is 0.280. The summed E-state index contributed by atoms with van der Waals surface area (Å²) < 4.78 is 0. The average molecular weight is 214 g/mol. The van der Waals surface area contributed by atoms with Gasteiger partial charge >= 0.3 is 0 Å². The topological polar surface area (TPSA) is 46.3 Å². The Bertz CT molecular complexity index is 152. The Labute approximate surface area is 94.0 Å². The predicted molar refractivity (Wildman–Crippen MR) is 64.7 cm³/mol. The van der Waals surface area contributed by atoms with Gasteiger partial charge in [-0.3, -0.25) is 4.79 Å². The van der Waals surface area contributed by atoms with Gasteiger partial charge in [0.2, 0.25) is 5.91 Å². The van der Waals surface area contributed by atoms with Gasteiger partial charge in [-0.2, -0.15) is 0 Å². The van der Waals surface area contributed by atoms with Gasteiger partial charge in [0.15, 0.2) is 0 Å². The lowest BCUT2D eigenvalue weighted by atomic mass is 10.2. The first-order valence-corrected chi connectivity index (χ1v) is 6.24. The number of hydrogen-bond acceptors (Lipinski definition) is 2. The summed E-state index contributed by atoms with van der Waals surface area (Å²) in [6, 6.07) is 0. The molecule has 3 heteroatoms. The van der Waals surface area contributed by atoms with E-state index in [1.54, 1.807) is 0 Å². The fourth-order valence-corrected chi connectivity index (χ4v) is 1.47. The first kappa shape index (κ1) is 14.4. The van der Waals surface area contributed by atoms with E-state index in [1.807, 2.05) is 4.90 Å². The van der Waals surface area contributed by atoms with Gasteiger partial charge in [-0.1, -0.05) is 26.7 Å². The number of amides is 1. The van der Waals surface area contributed by atoms with Crippen LogP contribution in [0.25, 0.3) is 0 Å². The summed E-state index contributed by atoms with van der Waals surface area (Å²) in [6.45, 7) is 6.76. The van der Waals surface area contributed by atoms with E-state index in [0.29, 0.717) is 13.0 Å². The van der Waals surface area contributed by atoms with Gasteiger partial charge in [0, 0.05) is 19.5 Å². The molecule has 0 rings (SSSR count). The first-order chi connectivity index (χ1) is 7.26. The molecule has 0 saturated carbocycles. The van der Waals surface area contributed by atoms with Gasteiger partial charge in [-0.25, -0.2) is 0 Å². The zero-order chi connectivity index (χ0) is 11.5. The monoisotopic (exact) mass is 214 g/mol. The molecule has 15 heavy (non-hydrogen) atoms. The molecule has 3 nitrogen and oxygen atoms in total. The van der Waals surface area contributed by atoms with Gasteiger partial charge in [-0.05, 0) is 25.8 Å². The molecule has 0 aromatic heterocycles. The van der Waals surface area contributed by atoms with Crippen LogP contribution in [0.3, 0.4) is 0 Å². The molecule has 0 unspecified atom stereocenters. The molecular weight excluding hydrogens is 188 g/mol. The number of hydrogen-bond donors (Lipinski definition) is 1. The van der Waals surface area contributed by atoms with Crippen molar-refractivity contribution in [3.63, 3.8) is 0 Å². The molecule has 0 aliphatic carbocycles. The van der Waals surface area contributed by atoms with E-state index in [1.165, 1.54) is 0 Å². The van der Waals surface area contributed by atoms with Crippen LogP contribution in [0, 0.1) is 0 Å². The molecule has 0 aliphatic rings. The van der Waals surface area contributed by atoms with Crippen LogP contribution < -0.4 is 5.73 Å². The molecule has 1 amide bonds. The molecule has 2 N–H and O–H groups in total. The van der Waals surface area contributed by atoms with Gasteiger partial charge in [-0.15, -0.1) is 0 Å². The van der Waals surface area contributed by atoms with Crippen LogP contribution in [0.1, 0.15) is 52.4 Å². The van der Waals surface area contributed by atoms with E-state index in [4.69, 9.17) is 5.73 Å². The molecule has 0 heterocycles. The third-order valence-corrected chi connectivity index (χ3v) is 2.51. The Balaban J connectivity index is 3.90. The molecule has 0 radical (unpaired) electrons. The van der Waals surface area contributed by atoms with Gasteiger partial charge < -0.3 is 10.6 Å². The fraction of sp³-hybridized carbons (Fsp3) is 0.917. The maximum Gasteiger partial charge on any atom is 0.222 e. The second kappa shape index (κ2) is 9.97. The van der Waals surface area contributed by atoms with Gasteiger partial charge in [0.1, 0.15) is 0 Å². The van der Waals surface area contributed by atoms with E-state index in [0.717, 1.165) is 45.2 Å². The van der Waals surface area contributed by atoms with E-state index >= 15 is 0 Å². The maximum atomic E-state index is 11.8. The van der Waals surface area contributed by atoms with Crippen LogP contribution in [0.4, 0.5) is 0 Å². The number of nitrogens with zero attached hydrogens (tertiary/aromatic N) is 1. The number of carbonyl (C=O) groups is 1. The summed E-state index contributed by atoms with van der Waals surface area (Å²) in [7, 11) is 0. The highest BCUT2D eigenvalue weighted by molar-refractivity contribution is 5.76. The predicted octanol–water partition coefficient (Wildman–Crippen LogP) is 2.15. The summed E-state index contributed by atoms with van der Waals surface area (Å²) in [4.78, 5) is 13.8. The Hall–Kier alpha value is -0.570. The lowest BCUT2D eigenvalue weighted by Crippen LogP contribution is -2.33. The second-order valence-corrected chi connectivity index (χ2v) is 3.98. The Kier molecular flexibility index (Phi) is 9.59. The largest absolute Gasteiger partial charge is 0.343 e. The van der Waals surface area contributed by atoms with Crippen LogP contribution >= 0.6 is 0 Å². The van der Waals surface area contributed by atoms with Crippen molar-refractivity contribution in [2.45, 2.75) is 52.4 Å². The molecule has 90 valence electrons. The highest BCUT2D eigenvalue weighted by Gasteiger charge is 2.11. The molecular formula is C12H26N2O. The molecule has 0 bridgehead atoms. The van der Waals surface area contributed by atoms with Crippen LogP contribution in [0.15, 0.2) is 0 Å². The molecule has 0 fully saturated rings. The zero-order valence-electron chi connectivity index (χ0n) is 10.3. The van der Waals surface area contributed by atoms with Crippen molar-refractivity contribution in [1.82, 2.24) is 4.90 Å². The van der Waals surface area contributed by atoms with E-state index in [-0.39, 0.29) is 5.91 Å². The van der Waals surface area contributed by atoms with Gasteiger partial charge in [0.05, 0.1) is 0 Å². The van der Waals surface area contributed by atoms with Crippen LogP contribution in [0.5, 0.6) is 0 Å². The van der Waals surface area contributed by atoms with Crippen molar-refractivity contribution < 1.29 is 4.79 Å². The van der Waals surface area contributed by atoms with Crippen molar-refractivity contribution in [2.24, 2.45) is 5.73 Å². The number of nitrogens with two attached hydrogens (primary N) is 1. The van der Waals surface area contributed by atoms with Crippen molar-refractivity contribution >= 4 is 5.91 Å². The standard InChI is InChI=1S/C12H26N2O/c1-3-5-10-14(11-6-4-2)12(15)8-7-9-13/h3-11,13H2,1-2H3. The number of unbranched alkanes of at least 4 members (excludes halogenated alkanes) is 2. The minimum absolute atomic E-state index is 0.280. The molecule has 0 spiro atoms. The van der Waals surface area contributed by atoms with Crippen molar-refractivity contribution in [3.05, 3.63) is 0 Å². The highest BCUT2D eigenvalue weighted by atomic mass is 16.2. The molecule has 0 aromatic rings. The van der Waals surface area contributed by atoms with Crippen molar-refractivity contribution in [3.8, 4) is 0 Å². The van der Waals surface area contributed by atoms with Crippen molar-refractivity contribution in [1.29, 1.82) is 0 Å². The Morgan fingerprint density at radius 3 is 2.00 bits per heavy atom. The molecule has 0 aliphatic heterocycles. The van der Waals surface area contributed by atoms with E-state index in [9.17, 15) is 4.79 Å². The third kappa shape index (κ3) is 7.37. The molecule has 0 aromatic carbocycles. The molecule has 0 saturated heterocycles. The zero-order valence-corrected chi connectivity index (χ0v) is 10.3. The Morgan fingerprint density at radius 1 is 1.07 bits per heavy atom. The van der Waals surface area contributed by atoms with E-state index < -0.39 is 0 Å². The first-order valence-electron chi connectivity index (χ1n) is 6.24. The smallest absolute Gasteiger partial charge is 0.222 e. The van der Waals surface area contributed by atoms with Gasteiger partial charge in [0.25, 0.3) is 0 Å². The average Bonchev–Trinajstić information content (AvgIpc) is 2.26. The summed E-state index contributed by atoms with van der Waals surface area (Å²) in [5.41, 5.74) is 5.41.